The Morgan fingerprint density at radius 3 is 2.10 bits per heavy atom. The van der Waals surface area contributed by atoms with E-state index < -0.39 is 32.7 Å². The molecule has 1 atom stereocenters. The Balaban J connectivity index is 1.13. The molecule has 0 saturated carbocycles. The van der Waals surface area contributed by atoms with Gasteiger partial charge >= 0.3 is 6.09 Å². The molecule has 2 N–H and O–H groups in total. The molecule has 6 rings (SSSR count). The first-order chi connectivity index (χ1) is 22.9. The molecule has 0 radical (unpaired) electrons. The number of likely N-dealkylation sites (tertiary alicyclic amines) is 1. The van der Waals surface area contributed by atoms with Gasteiger partial charge in [0.1, 0.15) is 5.60 Å². The maximum Gasteiger partial charge on any atom is 0.410 e. The number of fused-ring (bicyclic) bond motifs is 1. The Hall–Kier alpha value is -3.93. The number of ether oxygens (including phenoxy) is 1. The lowest BCUT2D eigenvalue weighted by Gasteiger charge is -2.39. The number of carbonyl (C=O) groups is 2. The molecule has 2 amide bonds. The topological polar surface area (TPSA) is 119 Å². The molecule has 0 bridgehead atoms. The second kappa shape index (κ2) is 12.4. The van der Waals surface area contributed by atoms with Crippen LogP contribution in [0.5, 0.6) is 0 Å². The molecule has 3 aromatic carbocycles. The predicted molar refractivity (Wildman–Crippen MR) is 190 cm³/mol. The summed E-state index contributed by atoms with van der Waals surface area (Å²) in [5.41, 5.74) is 0.480. The number of para-hydroxylation sites is 1. The molecule has 1 spiro atoms. The number of carbonyl (C=O) groups excluding carboxylic acids is 2. The summed E-state index contributed by atoms with van der Waals surface area (Å²) in [6.45, 7) is 14.5. The summed E-state index contributed by atoms with van der Waals surface area (Å²) < 4.78 is 34.0. The Morgan fingerprint density at radius 1 is 0.878 bits per heavy atom. The zero-order valence-corrected chi connectivity index (χ0v) is 30.1. The molecule has 3 aromatic rings. The highest BCUT2D eigenvalue weighted by molar-refractivity contribution is 7.89. The normalized spacial score (nSPS) is 21.0. The first kappa shape index (κ1) is 34.9. The van der Waals surface area contributed by atoms with Crippen molar-refractivity contribution < 1.29 is 27.9 Å². The number of nitrogens with one attached hydrogen (secondary N) is 1. The summed E-state index contributed by atoms with van der Waals surface area (Å²) in [7, 11) is -3.78. The van der Waals surface area contributed by atoms with Gasteiger partial charge in [-0.25, -0.2) is 17.9 Å². The van der Waals surface area contributed by atoms with E-state index in [0.29, 0.717) is 29.9 Å². The van der Waals surface area contributed by atoms with E-state index in [9.17, 15) is 23.1 Å². The van der Waals surface area contributed by atoms with Gasteiger partial charge in [0, 0.05) is 43.0 Å². The molecule has 3 aliphatic rings. The van der Waals surface area contributed by atoms with Crippen LogP contribution < -0.4 is 14.5 Å². The van der Waals surface area contributed by atoms with Crippen LogP contribution in [0.25, 0.3) is 0 Å². The van der Waals surface area contributed by atoms with Crippen LogP contribution in [0.4, 0.5) is 16.2 Å². The first-order valence-corrected chi connectivity index (χ1v) is 18.5. The molecule has 0 aromatic heterocycles. The van der Waals surface area contributed by atoms with E-state index in [1.165, 1.54) is 24.3 Å². The van der Waals surface area contributed by atoms with Crippen LogP contribution in [0.2, 0.25) is 0 Å². The number of anilines is 2. The number of benzene rings is 3. The van der Waals surface area contributed by atoms with Crippen molar-refractivity contribution in [3.63, 3.8) is 0 Å². The van der Waals surface area contributed by atoms with Gasteiger partial charge < -0.3 is 24.5 Å². The van der Waals surface area contributed by atoms with Crippen LogP contribution in [-0.2, 0) is 31.7 Å². The third kappa shape index (κ3) is 7.07. The fourth-order valence-corrected chi connectivity index (χ4v) is 8.68. The number of aliphatic hydroxyl groups is 1. The number of sulfonamides is 1. The molecule has 2 saturated heterocycles. The maximum absolute atomic E-state index is 14.0. The van der Waals surface area contributed by atoms with E-state index in [4.69, 9.17) is 4.74 Å². The van der Waals surface area contributed by atoms with Crippen LogP contribution in [0.15, 0.2) is 77.7 Å². The summed E-state index contributed by atoms with van der Waals surface area (Å²) in [5.74, 6) is -0.486. The van der Waals surface area contributed by atoms with Crippen molar-refractivity contribution in [2.45, 2.75) is 89.0 Å². The molecule has 0 aliphatic carbocycles. The summed E-state index contributed by atoms with van der Waals surface area (Å²) in [5, 5.41) is 12.0. The van der Waals surface area contributed by atoms with Crippen LogP contribution in [0.1, 0.15) is 77.5 Å². The van der Waals surface area contributed by atoms with Crippen molar-refractivity contribution in [1.82, 2.24) is 9.62 Å². The summed E-state index contributed by atoms with van der Waals surface area (Å²) in [6, 6.07) is 21.3. The van der Waals surface area contributed by atoms with Gasteiger partial charge in [0.15, 0.2) is 5.60 Å². The lowest BCUT2D eigenvalue weighted by molar-refractivity contribution is -0.132. The highest BCUT2D eigenvalue weighted by Gasteiger charge is 2.51. The lowest BCUT2D eigenvalue weighted by Crippen LogP contribution is -2.46. The van der Waals surface area contributed by atoms with Gasteiger partial charge in [-0.05, 0) is 108 Å². The van der Waals surface area contributed by atoms with Crippen LogP contribution in [0, 0.1) is 5.41 Å². The van der Waals surface area contributed by atoms with Gasteiger partial charge in [0.05, 0.1) is 17.1 Å². The van der Waals surface area contributed by atoms with Crippen molar-refractivity contribution in [3.05, 3.63) is 89.5 Å². The number of piperidine rings is 1. The summed E-state index contributed by atoms with van der Waals surface area (Å²) in [6.07, 6.45) is 2.75. The zero-order chi connectivity index (χ0) is 35.4. The Bertz CT molecular complexity index is 1820. The molecular weight excluding hydrogens is 641 g/mol. The molecule has 262 valence electrons. The van der Waals surface area contributed by atoms with E-state index in [-0.39, 0.29) is 22.9 Å². The van der Waals surface area contributed by atoms with E-state index >= 15 is 0 Å². The number of rotatable bonds is 6. The van der Waals surface area contributed by atoms with Gasteiger partial charge in [-0.3, -0.25) is 4.79 Å². The average Bonchev–Trinajstić information content (AvgIpc) is 3.53. The van der Waals surface area contributed by atoms with Gasteiger partial charge in [-0.2, -0.15) is 0 Å². The van der Waals surface area contributed by atoms with Crippen LogP contribution in [0.3, 0.4) is 0 Å². The summed E-state index contributed by atoms with van der Waals surface area (Å²) in [4.78, 5) is 32.5. The van der Waals surface area contributed by atoms with Gasteiger partial charge in [-0.15, -0.1) is 0 Å². The molecule has 49 heavy (non-hydrogen) atoms. The number of nitrogens with zero attached hydrogens (tertiary/aromatic N) is 3. The van der Waals surface area contributed by atoms with Crippen molar-refractivity contribution in [2.24, 2.45) is 5.41 Å². The monoisotopic (exact) mass is 688 g/mol. The number of hydrogen-bond acceptors (Lipinski definition) is 7. The maximum atomic E-state index is 14.0. The molecule has 2 fully saturated rings. The zero-order valence-electron chi connectivity index (χ0n) is 29.3. The van der Waals surface area contributed by atoms with E-state index in [2.05, 4.69) is 21.8 Å². The minimum atomic E-state index is -3.78. The predicted octanol–water partition coefficient (Wildman–Crippen LogP) is 5.77. The van der Waals surface area contributed by atoms with Crippen molar-refractivity contribution in [1.29, 1.82) is 0 Å². The molecule has 10 nitrogen and oxygen atoms in total. The smallest absolute Gasteiger partial charge is 0.410 e. The van der Waals surface area contributed by atoms with Crippen molar-refractivity contribution in [3.8, 4) is 0 Å². The molecule has 11 heteroatoms. The fourth-order valence-electron chi connectivity index (χ4n) is 7.26. The fraction of sp³-hybridized carbons (Fsp3) is 0.474. The molecule has 1 unspecified atom stereocenters. The SMILES string of the molecule is CC(C)(C)NS(=O)(=O)c1ccc(C2(O)C(=O)N(Cc3ccc(N4CCC5(CCN(C(=O)OC(C)(C)C)CC5)C4)cc3)c3ccccc32)cc1. The largest absolute Gasteiger partial charge is 0.444 e. The van der Waals surface area contributed by atoms with E-state index in [1.54, 1.807) is 37.8 Å². The lowest BCUT2D eigenvalue weighted by atomic mass is 9.78. The molecule has 3 aliphatic heterocycles. The molecular formula is C38H48N4O6S. The Kier molecular flexibility index (Phi) is 8.86. The van der Waals surface area contributed by atoms with Crippen molar-refractivity contribution in [2.75, 3.05) is 36.0 Å². The Labute approximate surface area is 290 Å². The average molecular weight is 689 g/mol. The minimum Gasteiger partial charge on any atom is -0.444 e. The number of hydrogen-bond donors (Lipinski definition) is 2. The first-order valence-electron chi connectivity index (χ1n) is 17.0. The van der Waals surface area contributed by atoms with Gasteiger partial charge in [0.25, 0.3) is 5.91 Å². The third-order valence-corrected chi connectivity index (χ3v) is 11.5. The standard InChI is InChI=1S/C38H48N4O6S/c1-35(2,3)39-49(46,47)30-17-13-28(14-18-30)38(45)31-9-7-8-10-32(31)42(33(38)43)25-27-11-15-29(16-12-27)41-24-21-37(26-41)19-22-40(23-20-37)34(44)48-36(4,5)6/h7-18,39,45H,19-26H2,1-6H3. The molecule has 3 heterocycles. The quantitative estimate of drug-likeness (QED) is 0.338. The highest BCUT2D eigenvalue weighted by Crippen LogP contribution is 2.46. The second-order valence-corrected chi connectivity index (χ2v) is 17.5. The minimum absolute atomic E-state index is 0.0561. The van der Waals surface area contributed by atoms with Gasteiger partial charge in [0.2, 0.25) is 10.0 Å². The van der Waals surface area contributed by atoms with E-state index in [1.807, 2.05) is 49.9 Å². The van der Waals surface area contributed by atoms with E-state index in [0.717, 1.165) is 43.6 Å². The second-order valence-electron chi connectivity index (χ2n) is 15.8. The Morgan fingerprint density at radius 2 is 1.49 bits per heavy atom. The third-order valence-electron chi connectivity index (χ3n) is 9.72. The number of amides is 2. The van der Waals surface area contributed by atoms with Crippen molar-refractivity contribution >= 4 is 33.4 Å². The van der Waals surface area contributed by atoms with Crippen LogP contribution >= 0.6 is 0 Å². The summed E-state index contributed by atoms with van der Waals surface area (Å²) >= 11 is 0. The van der Waals surface area contributed by atoms with Gasteiger partial charge in [-0.1, -0.05) is 42.5 Å². The highest BCUT2D eigenvalue weighted by atomic mass is 32.2. The van der Waals surface area contributed by atoms with Crippen LogP contribution in [-0.4, -0.2) is 67.7 Å².